The predicted octanol–water partition coefficient (Wildman–Crippen LogP) is 2.60. The van der Waals surface area contributed by atoms with Gasteiger partial charge in [-0.05, 0) is 49.9 Å². The largest absolute Gasteiger partial charge is 0.349 e. The number of carbonyl (C=O) groups is 2. The molecule has 2 amide bonds. The van der Waals surface area contributed by atoms with Crippen LogP contribution in [0.3, 0.4) is 0 Å². The molecule has 1 aliphatic rings. The lowest BCUT2D eigenvalue weighted by atomic mass is 10.1. The molecule has 34 heavy (non-hydrogen) atoms. The second-order valence-corrected chi connectivity index (χ2v) is 8.46. The molecule has 2 heterocycles. The summed E-state index contributed by atoms with van der Waals surface area (Å²) in [5, 5.41) is 9.31. The van der Waals surface area contributed by atoms with Gasteiger partial charge >= 0.3 is 0 Å². The number of carbonyl (C=O) groups excluding carboxylic acids is 2. The Labute approximate surface area is 199 Å². The van der Waals surface area contributed by atoms with Crippen molar-refractivity contribution in [2.24, 2.45) is 0 Å². The van der Waals surface area contributed by atoms with Crippen molar-refractivity contribution in [2.45, 2.75) is 50.2 Å². The lowest BCUT2D eigenvalue weighted by Gasteiger charge is -2.18. The molecule has 1 saturated carbocycles. The van der Waals surface area contributed by atoms with Crippen LogP contribution in [0, 0.1) is 0 Å². The van der Waals surface area contributed by atoms with Crippen LogP contribution in [-0.4, -0.2) is 45.4 Å². The van der Waals surface area contributed by atoms with E-state index in [1.165, 1.54) is 5.56 Å². The SMILES string of the molecule is O=C(NC(CCCCNC1CC1c1ccccc1)C(=O)NCc1cnccn1)c1ccccn1. The van der Waals surface area contributed by atoms with Crippen molar-refractivity contribution in [3.05, 3.63) is 90.3 Å². The highest BCUT2D eigenvalue weighted by atomic mass is 16.2. The summed E-state index contributed by atoms with van der Waals surface area (Å²) in [4.78, 5) is 37.7. The van der Waals surface area contributed by atoms with E-state index < -0.39 is 6.04 Å². The molecule has 0 radical (unpaired) electrons. The van der Waals surface area contributed by atoms with Crippen molar-refractivity contribution < 1.29 is 9.59 Å². The van der Waals surface area contributed by atoms with E-state index in [0.29, 0.717) is 24.1 Å². The number of amides is 2. The van der Waals surface area contributed by atoms with Crippen molar-refractivity contribution in [2.75, 3.05) is 6.54 Å². The van der Waals surface area contributed by atoms with Crippen molar-refractivity contribution in [3.8, 4) is 0 Å². The Hall–Kier alpha value is -3.65. The number of hydrogen-bond donors (Lipinski definition) is 3. The van der Waals surface area contributed by atoms with E-state index in [1.54, 1.807) is 43.0 Å². The second kappa shape index (κ2) is 12.0. The van der Waals surface area contributed by atoms with Gasteiger partial charge in [-0.3, -0.25) is 24.5 Å². The van der Waals surface area contributed by atoms with Gasteiger partial charge in [0, 0.05) is 30.6 Å². The van der Waals surface area contributed by atoms with Crippen LogP contribution in [0.1, 0.15) is 53.3 Å². The molecule has 1 fully saturated rings. The fourth-order valence-electron chi connectivity index (χ4n) is 3.97. The first-order valence-corrected chi connectivity index (χ1v) is 11.7. The Morgan fingerprint density at radius 2 is 1.82 bits per heavy atom. The number of unbranched alkanes of at least 4 members (excludes halogenated alkanes) is 1. The van der Waals surface area contributed by atoms with Crippen molar-refractivity contribution in [3.63, 3.8) is 0 Å². The molecule has 3 aromatic rings. The molecule has 0 aliphatic heterocycles. The van der Waals surface area contributed by atoms with Crippen molar-refractivity contribution in [1.82, 2.24) is 30.9 Å². The number of nitrogens with zero attached hydrogens (tertiary/aromatic N) is 3. The maximum Gasteiger partial charge on any atom is 0.270 e. The quantitative estimate of drug-likeness (QED) is 0.360. The van der Waals surface area contributed by atoms with Crippen LogP contribution in [0.5, 0.6) is 0 Å². The summed E-state index contributed by atoms with van der Waals surface area (Å²) in [6.07, 6.45) is 9.76. The molecule has 2 aromatic heterocycles. The first-order chi connectivity index (χ1) is 16.7. The fraction of sp³-hybridized carbons (Fsp3) is 0.346. The Morgan fingerprint density at radius 1 is 0.971 bits per heavy atom. The van der Waals surface area contributed by atoms with Gasteiger partial charge in [0.2, 0.25) is 5.91 Å². The first-order valence-electron chi connectivity index (χ1n) is 11.7. The number of hydrogen-bond acceptors (Lipinski definition) is 6. The molecule has 1 aromatic carbocycles. The molecule has 3 unspecified atom stereocenters. The maximum absolute atomic E-state index is 12.9. The van der Waals surface area contributed by atoms with E-state index in [-0.39, 0.29) is 24.1 Å². The summed E-state index contributed by atoms with van der Waals surface area (Å²) in [5.74, 6) is -0.00485. The minimum atomic E-state index is -0.649. The van der Waals surface area contributed by atoms with Gasteiger partial charge in [-0.2, -0.15) is 0 Å². The van der Waals surface area contributed by atoms with E-state index in [2.05, 4.69) is 55.2 Å². The minimum absolute atomic E-state index is 0.241. The van der Waals surface area contributed by atoms with E-state index >= 15 is 0 Å². The lowest BCUT2D eigenvalue weighted by molar-refractivity contribution is -0.123. The van der Waals surface area contributed by atoms with Crippen LogP contribution in [-0.2, 0) is 11.3 Å². The summed E-state index contributed by atoms with van der Waals surface area (Å²) < 4.78 is 0. The van der Waals surface area contributed by atoms with Gasteiger partial charge in [-0.25, -0.2) is 0 Å². The zero-order valence-electron chi connectivity index (χ0n) is 19.1. The first kappa shape index (κ1) is 23.5. The Kier molecular flexibility index (Phi) is 8.29. The van der Waals surface area contributed by atoms with E-state index in [1.807, 2.05) is 6.07 Å². The molecule has 8 nitrogen and oxygen atoms in total. The molecule has 3 atom stereocenters. The van der Waals surface area contributed by atoms with Gasteiger partial charge in [0.05, 0.1) is 18.4 Å². The smallest absolute Gasteiger partial charge is 0.270 e. The van der Waals surface area contributed by atoms with Crippen LogP contribution in [0.15, 0.2) is 73.3 Å². The molecule has 0 spiro atoms. The number of rotatable bonds is 12. The zero-order chi connectivity index (χ0) is 23.6. The zero-order valence-corrected chi connectivity index (χ0v) is 19.1. The third-order valence-corrected chi connectivity index (χ3v) is 5.92. The Bertz CT molecular complexity index is 1050. The third kappa shape index (κ3) is 6.92. The number of pyridine rings is 1. The number of aromatic nitrogens is 3. The summed E-state index contributed by atoms with van der Waals surface area (Å²) in [6, 6.07) is 15.6. The third-order valence-electron chi connectivity index (χ3n) is 5.92. The molecule has 8 heteroatoms. The standard InChI is InChI=1S/C26H30N6O2/c33-25(31-18-20-17-27-14-15-28-20)23(32-26(34)22-10-4-6-12-29-22)11-5-7-13-30-24-16-21(24)19-8-2-1-3-9-19/h1-4,6,8-10,12,14-15,17,21,23-24,30H,5,7,11,13,16,18H2,(H,31,33)(H,32,34). The highest BCUT2D eigenvalue weighted by Gasteiger charge is 2.37. The van der Waals surface area contributed by atoms with Gasteiger partial charge in [0.1, 0.15) is 11.7 Å². The Balaban J connectivity index is 1.24. The average molecular weight is 459 g/mol. The molecular formula is C26H30N6O2. The van der Waals surface area contributed by atoms with Gasteiger partial charge in [-0.1, -0.05) is 36.4 Å². The summed E-state index contributed by atoms with van der Waals surface area (Å²) >= 11 is 0. The highest BCUT2D eigenvalue weighted by molar-refractivity contribution is 5.96. The average Bonchev–Trinajstić information content (AvgIpc) is 3.67. The van der Waals surface area contributed by atoms with E-state index in [0.717, 1.165) is 25.8 Å². The molecule has 4 rings (SSSR count). The molecule has 0 saturated heterocycles. The molecule has 3 N–H and O–H groups in total. The van der Waals surface area contributed by atoms with E-state index in [4.69, 9.17) is 0 Å². The number of benzene rings is 1. The lowest BCUT2D eigenvalue weighted by Crippen LogP contribution is -2.46. The second-order valence-electron chi connectivity index (χ2n) is 8.46. The molecule has 176 valence electrons. The number of nitrogens with one attached hydrogen (secondary N) is 3. The van der Waals surface area contributed by atoms with Crippen LogP contribution in [0.2, 0.25) is 0 Å². The van der Waals surface area contributed by atoms with Gasteiger partial charge in [-0.15, -0.1) is 0 Å². The van der Waals surface area contributed by atoms with Gasteiger partial charge in [0.25, 0.3) is 5.91 Å². The monoisotopic (exact) mass is 458 g/mol. The van der Waals surface area contributed by atoms with Crippen molar-refractivity contribution >= 4 is 11.8 Å². The topological polar surface area (TPSA) is 109 Å². The summed E-state index contributed by atoms with van der Waals surface area (Å²) in [7, 11) is 0. The summed E-state index contributed by atoms with van der Waals surface area (Å²) in [5.41, 5.74) is 2.33. The molecular weight excluding hydrogens is 428 g/mol. The normalized spacial score (nSPS) is 17.5. The predicted molar refractivity (Wildman–Crippen MR) is 129 cm³/mol. The van der Waals surface area contributed by atoms with Crippen LogP contribution >= 0.6 is 0 Å². The molecule has 0 bridgehead atoms. The highest BCUT2D eigenvalue weighted by Crippen LogP contribution is 2.40. The van der Waals surface area contributed by atoms with Crippen LogP contribution in [0.4, 0.5) is 0 Å². The molecule has 1 aliphatic carbocycles. The summed E-state index contributed by atoms with van der Waals surface area (Å²) in [6.45, 7) is 1.14. The van der Waals surface area contributed by atoms with Crippen LogP contribution in [0.25, 0.3) is 0 Å². The minimum Gasteiger partial charge on any atom is -0.349 e. The van der Waals surface area contributed by atoms with Gasteiger partial charge in [0.15, 0.2) is 0 Å². The maximum atomic E-state index is 12.9. The van der Waals surface area contributed by atoms with Crippen LogP contribution < -0.4 is 16.0 Å². The Morgan fingerprint density at radius 3 is 2.59 bits per heavy atom. The fourth-order valence-corrected chi connectivity index (χ4v) is 3.97. The van der Waals surface area contributed by atoms with E-state index in [9.17, 15) is 9.59 Å². The van der Waals surface area contributed by atoms with Crippen molar-refractivity contribution in [1.29, 1.82) is 0 Å². The van der Waals surface area contributed by atoms with Gasteiger partial charge < -0.3 is 16.0 Å².